The Bertz CT molecular complexity index is 878. The van der Waals surface area contributed by atoms with Crippen LogP contribution in [0.25, 0.3) is 0 Å². The lowest BCUT2D eigenvalue weighted by Crippen LogP contribution is -2.44. The molecule has 3 aromatic carbocycles. The van der Waals surface area contributed by atoms with Gasteiger partial charge in [0.25, 0.3) is 0 Å². The molecule has 0 bridgehead atoms. The number of benzene rings is 3. The van der Waals surface area contributed by atoms with Crippen molar-refractivity contribution >= 4 is 28.9 Å². The highest BCUT2D eigenvalue weighted by atomic mass is 32.1. The van der Waals surface area contributed by atoms with Crippen molar-refractivity contribution in [3.8, 4) is 0 Å². The third-order valence-electron chi connectivity index (χ3n) is 4.21. The third-order valence-corrected chi connectivity index (χ3v) is 4.42. The van der Waals surface area contributed by atoms with Gasteiger partial charge in [-0.3, -0.25) is 15.6 Å². The molecule has 6 heteroatoms. The van der Waals surface area contributed by atoms with Gasteiger partial charge in [-0.1, -0.05) is 60.7 Å². The lowest BCUT2D eigenvalue weighted by molar-refractivity contribution is -0.121. The van der Waals surface area contributed by atoms with Gasteiger partial charge in [-0.15, -0.1) is 0 Å². The van der Waals surface area contributed by atoms with E-state index in [1.165, 1.54) is 12.1 Å². The Morgan fingerprint density at radius 1 is 0.821 bits per heavy atom. The summed E-state index contributed by atoms with van der Waals surface area (Å²) in [6, 6.07) is 25.6. The van der Waals surface area contributed by atoms with E-state index in [0.717, 1.165) is 11.1 Å². The molecule has 0 aliphatic heterocycles. The smallest absolute Gasteiger partial charge is 0.239 e. The van der Waals surface area contributed by atoms with Gasteiger partial charge in [0, 0.05) is 18.0 Å². The number of rotatable bonds is 5. The molecular weight excluding hydrogens is 373 g/mol. The van der Waals surface area contributed by atoms with Gasteiger partial charge in [0.1, 0.15) is 5.82 Å². The average molecular weight is 393 g/mol. The highest BCUT2D eigenvalue weighted by molar-refractivity contribution is 7.80. The second-order valence-electron chi connectivity index (χ2n) is 6.21. The van der Waals surface area contributed by atoms with Crippen LogP contribution >= 0.6 is 12.2 Å². The maximum absolute atomic E-state index is 12.9. The lowest BCUT2D eigenvalue weighted by atomic mass is 9.88. The quantitative estimate of drug-likeness (QED) is 0.445. The minimum atomic E-state index is -0.328. The summed E-state index contributed by atoms with van der Waals surface area (Å²) in [4.78, 5) is 12.5. The first-order valence-electron chi connectivity index (χ1n) is 8.83. The number of thiocarbonyl (C=S) groups is 1. The first-order valence-corrected chi connectivity index (χ1v) is 9.24. The molecule has 1 amide bonds. The van der Waals surface area contributed by atoms with Gasteiger partial charge in [0.15, 0.2) is 5.11 Å². The van der Waals surface area contributed by atoms with Gasteiger partial charge in [-0.25, -0.2) is 4.39 Å². The molecule has 0 saturated carbocycles. The number of carbonyl (C=O) groups excluding carboxylic acids is 1. The molecule has 3 aromatic rings. The lowest BCUT2D eigenvalue weighted by Gasteiger charge is -2.18. The van der Waals surface area contributed by atoms with E-state index in [1.807, 2.05) is 60.7 Å². The Labute approximate surface area is 168 Å². The van der Waals surface area contributed by atoms with E-state index in [1.54, 1.807) is 12.1 Å². The van der Waals surface area contributed by atoms with E-state index >= 15 is 0 Å². The van der Waals surface area contributed by atoms with Crippen LogP contribution in [0.4, 0.5) is 10.1 Å². The molecule has 0 aliphatic carbocycles. The summed E-state index contributed by atoms with van der Waals surface area (Å²) >= 11 is 5.16. The molecule has 4 nitrogen and oxygen atoms in total. The van der Waals surface area contributed by atoms with Crippen molar-refractivity contribution < 1.29 is 9.18 Å². The molecule has 28 heavy (non-hydrogen) atoms. The van der Waals surface area contributed by atoms with Crippen LogP contribution < -0.4 is 16.2 Å². The number of amides is 1. The number of nitrogens with one attached hydrogen (secondary N) is 3. The molecule has 0 atom stereocenters. The fourth-order valence-electron chi connectivity index (χ4n) is 2.86. The molecule has 142 valence electrons. The summed E-state index contributed by atoms with van der Waals surface area (Å²) in [5.74, 6) is -0.589. The average Bonchev–Trinajstić information content (AvgIpc) is 2.73. The van der Waals surface area contributed by atoms with E-state index in [2.05, 4.69) is 16.2 Å². The van der Waals surface area contributed by atoms with E-state index in [9.17, 15) is 9.18 Å². The summed E-state index contributed by atoms with van der Waals surface area (Å²) in [5.41, 5.74) is 8.05. The Hall–Kier alpha value is -3.25. The van der Waals surface area contributed by atoms with Gasteiger partial charge < -0.3 is 5.32 Å². The van der Waals surface area contributed by atoms with Gasteiger partial charge in [-0.05, 0) is 47.6 Å². The number of hydrogen-bond acceptors (Lipinski definition) is 2. The first kappa shape index (κ1) is 19.5. The maximum Gasteiger partial charge on any atom is 0.239 e. The summed E-state index contributed by atoms with van der Waals surface area (Å²) in [6.07, 6.45) is 0.264. The first-order chi connectivity index (χ1) is 13.6. The Kier molecular flexibility index (Phi) is 6.70. The normalized spacial score (nSPS) is 10.4. The van der Waals surface area contributed by atoms with Crippen molar-refractivity contribution in [1.82, 2.24) is 10.9 Å². The predicted octanol–water partition coefficient (Wildman–Crippen LogP) is 4.37. The summed E-state index contributed by atoms with van der Waals surface area (Å²) in [5, 5.41) is 3.10. The second kappa shape index (κ2) is 9.62. The van der Waals surface area contributed by atoms with E-state index in [4.69, 9.17) is 12.2 Å². The number of carbonyl (C=O) groups is 1. The Balaban J connectivity index is 1.59. The summed E-state index contributed by atoms with van der Waals surface area (Å²) in [7, 11) is 0. The maximum atomic E-state index is 12.9. The van der Waals surface area contributed by atoms with Crippen molar-refractivity contribution in [2.24, 2.45) is 0 Å². The van der Waals surface area contributed by atoms with Crippen molar-refractivity contribution in [3.63, 3.8) is 0 Å². The molecular formula is C22H20FN3OS. The van der Waals surface area contributed by atoms with Crippen molar-refractivity contribution in [1.29, 1.82) is 0 Å². The Morgan fingerprint density at radius 3 is 1.89 bits per heavy atom. The summed E-state index contributed by atoms with van der Waals surface area (Å²) < 4.78 is 12.9. The van der Waals surface area contributed by atoms with Gasteiger partial charge in [0.05, 0.1) is 0 Å². The molecule has 3 rings (SSSR count). The van der Waals surface area contributed by atoms with Crippen LogP contribution in [0.2, 0.25) is 0 Å². The third kappa shape index (κ3) is 5.62. The highest BCUT2D eigenvalue weighted by Crippen LogP contribution is 2.27. The second-order valence-corrected chi connectivity index (χ2v) is 6.62. The number of anilines is 1. The van der Waals surface area contributed by atoms with Crippen LogP contribution in [0.15, 0.2) is 84.9 Å². The van der Waals surface area contributed by atoms with Crippen LogP contribution in [0, 0.1) is 5.82 Å². The molecule has 3 N–H and O–H groups in total. The summed E-state index contributed by atoms with van der Waals surface area (Å²) in [6.45, 7) is 0. The zero-order chi connectivity index (χ0) is 19.8. The molecule has 0 saturated heterocycles. The molecule has 0 aliphatic rings. The van der Waals surface area contributed by atoms with Crippen LogP contribution in [-0.4, -0.2) is 11.0 Å². The van der Waals surface area contributed by atoms with Crippen LogP contribution in [0.1, 0.15) is 23.5 Å². The molecule has 0 heterocycles. The predicted molar refractivity (Wildman–Crippen MR) is 113 cm³/mol. The zero-order valence-corrected chi connectivity index (χ0v) is 15.9. The molecule has 0 spiro atoms. The standard InChI is InChI=1S/C22H20FN3OS/c23-18-11-13-19(14-12-18)24-22(28)26-25-21(27)15-20(16-7-3-1-4-8-16)17-9-5-2-6-10-17/h1-14,20H,15H2,(H,25,27)(H2,24,26,28). The number of hydrogen-bond donors (Lipinski definition) is 3. The SMILES string of the molecule is O=C(CC(c1ccccc1)c1ccccc1)NNC(=S)Nc1ccc(F)cc1. The highest BCUT2D eigenvalue weighted by Gasteiger charge is 2.18. The molecule has 0 unspecified atom stereocenters. The fraction of sp³-hybridized carbons (Fsp3) is 0.0909. The monoisotopic (exact) mass is 393 g/mol. The topological polar surface area (TPSA) is 53.2 Å². The van der Waals surface area contributed by atoms with Crippen molar-refractivity contribution in [2.75, 3.05) is 5.32 Å². The van der Waals surface area contributed by atoms with Gasteiger partial charge >= 0.3 is 0 Å². The van der Waals surface area contributed by atoms with E-state index < -0.39 is 0 Å². The minimum absolute atomic E-state index is 0.0668. The molecule has 0 aromatic heterocycles. The van der Waals surface area contributed by atoms with E-state index in [-0.39, 0.29) is 29.2 Å². The minimum Gasteiger partial charge on any atom is -0.331 e. The number of halogens is 1. The van der Waals surface area contributed by atoms with Crippen LogP contribution in [0.3, 0.4) is 0 Å². The van der Waals surface area contributed by atoms with E-state index in [0.29, 0.717) is 5.69 Å². The number of hydrazine groups is 1. The largest absolute Gasteiger partial charge is 0.331 e. The van der Waals surface area contributed by atoms with Crippen LogP contribution in [0.5, 0.6) is 0 Å². The fourth-order valence-corrected chi connectivity index (χ4v) is 3.03. The van der Waals surface area contributed by atoms with Gasteiger partial charge in [0.2, 0.25) is 5.91 Å². The zero-order valence-electron chi connectivity index (χ0n) is 15.1. The van der Waals surface area contributed by atoms with Crippen molar-refractivity contribution in [2.45, 2.75) is 12.3 Å². The Morgan fingerprint density at radius 2 is 1.36 bits per heavy atom. The molecule has 0 fully saturated rings. The van der Waals surface area contributed by atoms with Gasteiger partial charge in [-0.2, -0.15) is 0 Å². The van der Waals surface area contributed by atoms with Crippen molar-refractivity contribution in [3.05, 3.63) is 102 Å². The van der Waals surface area contributed by atoms with Crippen LogP contribution in [-0.2, 0) is 4.79 Å². The molecule has 0 radical (unpaired) electrons.